The zero-order chi connectivity index (χ0) is 19.8. The Hall–Kier alpha value is -2.33. The first-order chi connectivity index (χ1) is 12.7. The number of aromatic nitrogens is 2. The summed E-state index contributed by atoms with van der Waals surface area (Å²) in [6.07, 6.45) is -1.64. The van der Waals surface area contributed by atoms with Crippen LogP contribution in [0.5, 0.6) is 0 Å². The third-order valence-corrected chi connectivity index (χ3v) is 4.73. The summed E-state index contributed by atoms with van der Waals surface area (Å²) in [6, 6.07) is -0.214. The number of carbonyl (C=O) groups is 1. The summed E-state index contributed by atoms with van der Waals surface area (Å²) in [5.41, 5.74) is 5.62. The lowest BCUT2D eigenvalue weighted by Gasteiger charge is -2.34. The molecule has 0 aromatic carbocycles. The molecule has 148 valence electrons. The van der Waals surface area contributed by atoms with E-state index in [0.717, 1.165) is 12.6 Å². The van der Waals surface area contributed by atoms with Crippen molar-refractivity contribution in [1.82, 2.24) is 9.97 Å². The van der Waals surface area contributed by atoms with Gasteiger partial charge in [0.15, 0.2) is 0 Å². The predicted octanol–water partition coefficient (Wildman–Crippen LogP) is 2.48. The van der Waals surface area contributed by atoms with Gasteiger partial charge in [-0.15, -0.1) is 0 Å². The standard InChI is InChI=1S/C17H22F3N5O2/c1-9(27-2)16(26)24-12-7-23-15-13(12)14(11(6-22-15)17(18,19)20)25-5-3-4-10(21)8-25/h6-7,9-10H,3-5,8,21H2,1-2H3,(H,22,23)(H,24,26)/t9?,10-/m1/s1. The Morgan fingerprint density at radius 3 is 2.89 bits per heavy atom. The van der Waals surface area contributed by atoms with Crippen LogP contribution in [-0.4, -0.2) is 48.2 Å². The fraction of sp³-hybridized carbons (Fsp3) is 0.529. The number of anilines is 2. The highest BCUT2D eigenvalue weighted by Crippen LogP contribution is 2.43. The molecular formula is C17H22F3N5O2. The quantitative estimate of drug-likeness (QED) is 0.751. The number of methoxy groups -OCH3 is 1. The molecule has 0 bridgehead atoms. The number of pyridine rings is 1. The van der Waals surface area contributed by atoms with Crippen molar-refractivity contribution < 1.29 is 22.7 Å². The zero-order valence-electron chi connectivity index (χ0n) is 15.1. The van der Waals surface area contributed by atoms with E-state index in [2.05, 4.69) is 15.3 Å². The topological polar surface area (TPSA) is 96.3 Å². The number of piperidine rings is 1. The van der Waals surface area contributed by atoms with Crippen molar-refractivity contribution in [1.29, 1.82) is 0 Å². The molecule has 2 aromatic rings. The number of nitrogens with zero attached hydrogens (tertiary/aromatic N) is 2. The summed E-state index contributed by atoms with van der Waals surface area (Å²) in [5, 5.41) is 2.84. The molecule has 1 aliphatic heterocycles. The number of fused-ring (bicyclic) bond motifs is 1. The van der Waals surface area contributed by atoms with Gasteiger partial charge < -0.3 is 25.7 Å². The molecule has 1 fully saturated rings. The van der Waals surface area contributed by atoms with Crippen molar-refractivity contribution in [2.24, 2.45) is 5.73 Å². The van der Waals surface area contributed by atoms with E-state index in [1.807, 2.05) is 0 Å². The van der Waals surface area contributed by atoms with Gasteiger partial charge in [-0.3, -0.25) is 4.79 Å². The first kappa shape index (κ1) is 19.4. The van der Waals surface area contributed by atoms with E-state index in [-0.39, 0.29) is 28.5 Å². The van der Waals surface area contributed by atoms with Crippen molar-refractivity contribution in [3.63, 3.8) is 0 Å². The number of rotatable bonds is 4. The molecule has 2 atom stereocenters. The second kappa shape index (κ2) is 7.35. The Balaban J connectivity index is 2.15. The van der Waals surface area contributed by atoms with Gasteiger partial charge in [0.1, 0.15) is 11.8 Å². The predicted molar refractivity (Wildman–Crippen MR) is 95.6 cm³/mol. The molecule has 0 radical (unpaired) electrons. The summed E-state index contributed by atoms with van der Waals surface area (Å²) in [5.74, 6) is -0.461. The lowest BCUT2D eigenvalue weighted by molar-refractivity contribution is -0.137. The molecule has 3 heterocycles. The number of hydrogen-bond acceptors (Lipinski definition) is 5. The number of halogens is 3. The highest BCUT2D eigenvalue weighted by molar-refractivity contribution is 6.08. The summed E-state index contributed by atoms with van der Waals surface area (Å²) < 4.78 is 46.1. The fourth-order valence-electron chi connectivity index (χ4n) is 3.27. The minimum absolute atomic E-state index is 0.00994. The zero-order valence-corrected chi connectivity index (χ0v) is 15.1. The number of nitrogens with one attached hydrogen (secondary N) is 2. The Morgan fingerprint density at radius 2 is 2.26 bits per heavy atom. The number of hydrogen-bond donors (Lipinski definition) is 3. The molecule has 3 rings (SSSR count). The van der Waals surface area contributed by atoms with Crippen LogP contribution in [0.2, 0.25) is 0 Å². The molecule has 7 nitrogen and oxygen atoms in total. The van der Waals surface area contributed by atoms with Crippen LogP contribution in [-0.2, 0) is 15.7 Å². The van der Waals surface area contributed by atoms with Crippen LogP contribution in [0.4, 0.5) is 24.5 Å². The maximum atomic E-state index is 13.7. The lowest BCUT2D eigenvalue weighted by atomic mass is 10.0. The van der Waals surface area contributed by atoms with Crippen molar-refractivity contribution in [2.75, 3.05) is 30.4 Å². The number of ether oxygens (including phenoxy) is 1. The smallest absolute Gasteiger partial charge is 0.372 e. The average Bonchev–Trinajstić information content (AvgIpc) is 3.02. The van der Waals surface area contributed by atoms with Gasteiger partial charge in [0.05, 0.1) is 22.3 Å². The third kappa shape index (κ3) is 3.86. The van der Waals surface area contributed by atoms with Gasteiger partial charge in [0.2, 0.25) is 0 Å². The first-order valence-corrected chi connectivity index (χ1v) is 8.63. The van der Waals surface area contributed by atoms with E-state index in [1.54, 1.807) is 11.8 Å². The number of aromatic amines is 1. The van der Waals surface area contributed by atoms with E-state index < -0.39 is 23.8 Å². The first-order valence-electron chi connectivity index (χ1n) is 8.63. The van der Waals surface area contributed by atoms with Gasteiger partial charge >= 0.3 is 6.18 Å². The van der Waals surface area contributed by atoms with Crippen molar-refractivity contribution in [2.45, 2.75) is 38.1 Å². The molecule has 0 saturated carbocycles. The van der Waals surface area contributed by atoms with Gasteiger partial charge in [-0.2, -0.15) is 13.2 Å². The number of alkyl halides is 3. The molecule has 27 heavy (non-hydrogen) atoms. The Morgan fingerprint density at radius 1 is 1.52 bits per heavy atom. The van der Waals surface area contributed by atoms with Gasteiger partial charge in [0, 0.05) is 38.6 Å². The maximum absolute atomic E-state index is 13.7. The van der Waals surface area contributed by atoms with E-state index in [1.165, 1.54) is 13.3 Å². The van der Waals surface area contributed by atoms with Crippen molar-refractivity contribution in [3.8, 4) is 0 Å². The van der Waals surface area contributed by atoms with Crippen LogP contribution in [0, 0.1) is 0 Å². The largest absolute Gasteiger partial charge is 0.419 e. The third-order valence-electron chi connectivity index (χ3n) is 4.73. The van der Waals surface area contributed by atoms with Crippen LogP contribution < -0.4 is 16.0 Å². The van der Waals surface area contributed by atoms with Crippen molar-refractivity contribution in [3.05, 3.63) is 18.0 Å². The molecule has 1 saturated heterocycles. The van der Waals surface area contributed by atoms with E-state index in [9.17, 15) is 18.0 Å². The Labute approximate surface area is 154 Å². The SMILES string of the molecule is COC(C)C(=O)Nc1c[nH]c2ncc(C(F)(F)F)c(N3CCC[C@@H](N)C3)c12. The highest BCUT2D eigenvalue weighted by atomic mass is 19.4. The van der Waals surface area contributed by atoms with Gasteiger partial charge in [0.25, 0.3) is 5.91 Å². The second-order valence-corrected chi connectivity index (χ2v) is 6.66. The van der Waals surface area contributed by atoms with Crippen molar-refractivity contribution >= 4 is 28.3 Å². The van der Waals surface area contributed by atoms with Crippen LogP contribution in [0.1, 0.15) is 25.3 Å². The summed E-state index contributed by atoms with van der Waals surface area (Å²) >= 11 is 0. The summed E-state index contributed by atoms with van der Waals surface area (Å²) in [6.45, 7) is 2.30. The monoisotopic (exact) mass is 385 g/mol. The van der Waals surface area contributed by atoms with Crippen LogP contribution in [0.25, 0.3) is 11.0 Å². The molecule has 4 N–H and O–H groups in total. The van der Waals surface area contributed by atoms with E-state index in [4.69, 9.17) is 10.5 Å². The van der Waals surface area contributed by atoms with E-state index >= 15 is 0 Å². The number of carbonyl (C=O) groups excluding carboxylic acids is 1. The molecule has 1 aliphatic rings. The van der Waals surface area contributed by atoms with E-state index in [0.29, 0.717) is 19.5 Å². The highest BCUT2D eigenvalue weighted by Gasteiger charge is 2.38. The number of H-pyrrole nitrogens is 1. The molecule has 1 amide bonds. The summed E-state index contributed by atoms with van der Waals surface area (Å²) in [7, 11) is 1.38. The molecular weight excluding hydrogens is 363 g/mol. The average molecular weight is 385 g/mol. The minimum Gasteiger partial charge on any atom is -0.372 e. The van der Waals surface area contributed by atoms with Gasteiger partial charge in [-0.25, -0.2) is 4.98 Å². The van der Waals surface area contributed by atoms with Crippen LogP contribution >= 0.6 is 0 Å². The summed E-state index contributed by atoms with van der Waals surface area (Å²) in [4.78, 5) is 20.5. The Kier molecular flexibility index (Phi) is 5.29. The molecule has 10 heteroatoms. The van der Waals surface area contributed by atoms with Crippen LogP contribution in [0.3, 0.4) is 0 Å². The lowest BCUT2D eigenvalue weighted by Crippen LogP contribution is -2.43. The number of nitrogens with two attached hydrogens (primary N) is 1. The maximum Gasteiger partial charge on any atom is 0.419 e. The second-order valence-electron chi connectivity index (χ2n) is 6.66. The Bertz CT molecular complexity index is 836. The molecule has 0 aliphatic carbocycles. The van der Waals surface area contributed by atoms with Gasteiger partial charge in [-0.1, -0.05) is 0 Å². The molecule has 2 aromatic heterocycles. The number of amides is 1. The molecule has 1 unspecified atom stereocenters. The van der Waals surface area contributed by atoms with Crippen LogP contribution in [0.15, 0.2) is 12.4 Å². The minimum atomic E-state index is -4.59. The molecule has 0 spiro atoms. The normalized spacial score (nSPS) is 19.3. The fourth-order valence-corrected chi connectivity index (χ4v) is 3.27. The van der Waals surface area contributed by atoms with Gasteiger partial charge in [-0.05, 0) is 19.8 Å².